The van der Waals surface area contributed by atoms with Crippen molar-refractivity contribution in [1.82, 2.24) is 0 Å². The van der Waals surface area contributed by atoms with Gasteiger partial charge in [0, 0.05) is 5.69 Å². The number of carbonyl (C=O) groups excluding carboxylic acids is 1. The quantitative estimate of drug-likeness (QED) is 0.765. The second kappa shape index (κ2) is 7.24. The monoisotopic (exact) mass is 329 g/mol. The SMILES string of the molecule is C=CC(=O)N(CS(=O)(=O)Cc1ccccc1)c1ccc(C)cc1. The molecule has 5 heteroatoms. The second-order valence-corrected chi connectivity index (χ2v) is 7.34. The van der Waals surface area contributed by atoms with Crippen LogP contribution in [0.15, 0.2) is 67.3 Å². The predicted octanol–water partition coefficient (Wildman–Crippen LogP) is 3.09. The normalized spacial score (nSPS) is 11.0. The van der Waals surface area contributed by atoms with Gasteiger partial charge in [-0.15, -0.1) is 0 Å². The highest BCUT2D eigenvalue weighted by Crippen LogP contribution is 2.18. The van der Waals surface area contributed by atoms with Crippen molar-refractivity contribution in [3.8, 4) is 0 Å². The highest BCUT2D eigenvalue weighted by Gasteiger charge is 2.21. The molecule has 0 aromatic heterocycles. The average molecular weight is 329 g/mol. The van der Waals surface area contributed by atoms with Gasteiger partial charge in [0.15, 0.2) is 9.84 Å². The number of aryl methyl sites for hydroxylation is 1. The molecule has 0 aliphatic heterocycles. The van der Waals surface area contributed by atoms with Gasteiger partial charge in [-0.1, -0.05) is 54.6 Å². The lowest BCUT2D eigenvalue weighted by Gasteiger charge is -2.21. The van der Waals surface area contributed by atoms with Gasteiger partial charge in [-0.3, -0.25) is 9.69 Å². The van der Waals surface area contributed by atoms with Crippen molar-refractivity contribution in [2.24, 2.45) is 0 Å². The van der Waals surface area contributed by atoms with Crippen molar-refractivity contribution in [3.05, 3.63) is 78.4 Å². The first-order valence-corrected chi connectivity index (χ1v) is 8.98. The molecule has 0 aliphatic rings. The molecule has 0 saturated heterocycles. The third-order valence-electron chi connectivity index (χ3n) is 3.34. The number of hydrogen-bond donors (Lipinski definition) is 0. The van der Waals surface area contributed by atoms with Crippen LogP contribution in [-0.4, -0.2) is 20.2 Å². The average Bonchev–Trinajstić information content (AvgIpc) is 2.53. The maximum absolute atomic E-state index is 12.4. The number of hydrogen-bond acceptors (Lipinski definition) is 3. The van der Waals surface area contributed by atoms with E-state index in [1.165, 1.54) is 4.90 Å². The molecule has 23 heavy (non-hydrogen) atoms. The molecule has 4 nitrogen and oxygen atoms in total. The number of sulfone groups is 1. The Morgan fingerprint density at radius 3 is 2.26 bits per heavy atom. The zero-order valence-electron chi connectivity index (χ0n) is 13.0. The summed E-state index contributed by atoms with van der Waals surface area (Å²) in [5, 5.41) is 0. The van der Waals surface area contributed by atoms with Crippen molar-refractivity contribution in [2.75, 3.05) is 10.8 Å². The smallest absolute Gasteiger partial charge is 0.251 e. The molecular formula is C18H19NO3S. The van der Waals surface area contributed by atoms with Crippen LogP contribution in [0.5, 0.6) is 0 Å². The summed E-state index contributed by atoms with van der Waals surface area (Å²) in [7, 11) is -3.49. The summed E-state index contributed by atoms with van der Waals surface area (Å²) in [5.74, 6) is -0.929. The van der Waals surface area contributed by atoms with Gasteiger partial charge in [-0.05, 0) is 30.7 Å². The van der Waals surface area contributed by atoms with Crippen LogP contribution in [-0.2, 0) is 20.4 Å². The van der Waals surface area contributed by atoms with E-state index in [1.54, 1.807) is 36.4 Å². The molecule has 0 atom stereocenters. The molecule has 2 aromatic rings. The summed E-state index contributed by atoms with van der Waals surface area (Å²) in [6.07, 6.45) is 1.12. The Labute approximate surface area is 137 Å². The molecule has 0 radical (unpaired) electrons. The van der Waals surface area contributed by atoms with Gasteiger partial charge in [-0.2, -0.15) is 0 Å². The minimum Gasteiger partial charge on any atom is -0.294 e. The van der Waals surface area contributed by atoms with E-state index in [0.29, 0.717) is 11.3 Å². The summed E-state index contributed by atoms with van der Waals surface area (Å²) in [6, 6.07) is 16.0. The number of benzene rings is 2. The minimum atomic E-state index is -3.49. The Hall–Kier alpha value is -2.40. The molecule has 0 heterocycles. The third-order valence-corrected chi connectivity index (χ3v) is 4.77. The Morgan fingerprint density at radius 1 is 1.09 bits per heavy atom. The lowest BCUT2D eigenvalue weighted by Crippen LogP contribution is -2.35. The number of nitrogens with zero attached hydrogens (tertiary/aromatic N) is 1. The zero-order chi connectivity index (χ0) is 16.9. The van der Waals surface area contributed by atoms with E-state index in [2.05, 4.69) is 6.58 Å². The van der Waals surface area contributed by atoms with Crippen LogP contribution in [0.1, 0.15) is 11.1 Å². The van der Waals surface area contributed by atoms with Crippen molar-refractivity contribution in [3.63, 3.8) is 0 Å². The van der Waals surface area contributed by atoms with Gasteiger partial charge in [0.1, 0.15) is 5.88 Å². The van der Waals surface area contributed by atoms with E-state index in [1.807, 2.05) is 25.1 Å². The Morgan fingerprint density at radius 2 is 1.70 bits per heavy atom. The van der Waals surface area contributed by atoms with E-state index in [0.717, 1.165) is 11.6 Å². The van der Waals surface area contributed by atoms with Crippen LogP contribution in [0.2, 0.25) is 0 Å². The Kier molecular flexibility index (Phi) is 5.34. The fraction of sp³-hybridized carbons (Fsp3) is 0.167. The predicted molar refractivity (Wildman–Crippen MR) is 92.8 cm³/mol. The largest absolute Gasteiger partial charge is 0.294 e. The fourth-order valence-electron chi connectivity index (χ4n) is 2.17. The maximum atomic E-state index is 12.4. The van der Waals surface area contributed by atoms with Crippen LogP contribution in [0, 0.1) is 6.92 Å². The van der Waals surface area contributed by atoms with E-state index < -0.39 is 15.7 Å². The van der Waals surface area contributed by atoms with E-state index in [9.17, 15) is 13.2 Å². The fourth-order valence-corrected chi connectivity index (χ4v) is 3.63. The Balaban J connectivity index is 2.25. The molecule has 0 bridgehead atoms. The molecule has 0 spiro atoms. The van der Waals surface area contributed by atoms with Gasteiger partial charge < -0.3 is 0 Å². The highest BCUT2D eigenvalue weighted by molar-refractivity contribution is 7.90. The summed E-state index contributed by atoms with van der Waals surface area (Å²) < 4.78 is 24.9. The zero-order valence-corrected chi connectivity index (χ0v) is 13.8. The molecule has 0 fully saturated rings. The highest BCUT2D eigenvalue weighted by atomic mass is 32.2. The van der Waals surface area contributed by atoms with Crippen LogP contribution in [0.4, 0.5) is 5.69 Å². The van der Waals surface area contributed by atoms with Crippen molar-refractivity contribution < 1.29 is 13.2 Å². The summed E-state index contributed by atoms with van der Waals surface area (Å²) in [5.41, 5.74) is 2.27. The van der Waals surface area contributed by atoms with Crippen LogP contribution in [0.3, 0.4) is 0 Å². The first-order chi connectivity index (χ1) is 10.9. The molecular weight excluding hydrogens is 310 g/mol. The van der Waals surface area contributed by atoms with Gasteiger partial charge in [0.2, 0.25) is 0 Å². The molecule has 0 unspecified atom stereocenters. The molecule has 2 aromatic carbocycles. The van der Waals surface area contributed by atoms with E-state index >= 15 is 0 Å². The molecule has 0 aliphatic carbocycles. The summed E-state index contributed by atoms with van der Waals surface area (Å²) in [6.45, 7) is 5.38. The molecule has 1 amide bonds. The molecule has 0 saturated carbocycles. The van der Waals surface area contributed by atoms with Gasteiger partial charge >= 0.3 is 0 Å². The Bertz CT molecular complexity index is 781. The van der Waals surface area contributed by atoms with Crippen LogP contribution < -0.4 is 4.90 Å². The van der Waals surface area contributed by atoms with Crippen molar-refractivity contribution in [2.45, 2.75) is 12.7 Å². The molecule has 2 rings (SSSR count). The third kappa shape index (κ3) is 4.79. The second-order valence-electron chi connectivity index (χ2n) is 5.31. The van der Waals surface area contributed by atoms with E-state index in [4.69, 9.17) is 0 Å². The van der Waals surface area contributed by atoms with Crippen molar-refractivity contribution in [1.29, 1.82) is 0 Å². The lowest BCUT2D eigenvalue weighted by atomic mass is 10.2. The van der Waals surface area contributed by atoms with Crippen LogP contribution >= 0.6 is 0 Å². The summed E-state index contributed by atoms with van der Waals surface area (Å²) in [4.78, 5) is 13.3. The lowest BCUT2D eigenvalue weighted by molar-refractivity contribution is -0.114. The van der Waals surface area contributed by atoms with Crippen LogP contribution in [0.25, 0.3) is 0 Å². The molecule has 120 valence electrons. The number of carbonyl (C=O) groups is 1. The standard InChI is InChI=1S/C18H19NO3S/c1-3-18(20)19(17-11-9-15(2)10-12-17)14-23(21,22)13-16-7-5-4-6-8-16/h3-12H,1,13-14H2,2H3. The van der Waals surface area contributed by atoms with Crippen molar-refractivity contribution >= 4 is 21.4 Å². The van der Waals surface area contributed by atoms with Gasteiger partial charge in [-0.25, -0.2) is 8.42 Å². The number of amides is 1. The topological polar surface area (TPSA) is 54.5 Å². The molecule has 0 N–H and O–H groups in total. The first-order valence-electron chi connectivity index (χ1n) is 7.16. The first kappa shape index (κ1) is 17.0. The minimum absolute atomic E-state index is 0.110. The van der Waals surface area contributed by atoms with Gasteiger partial charge in [0.05, 0.1) is 5.75 Å². The summed E-state index contributed by atoms with van der Waals surface area (Å²) >= 11 is 0. The van der Waals surface area contributed by atoms with E-state index in [-0.39, 0.29) is 11.6 Å². The number of rotatable bonds is 6. The maximum Gasteiger partial charge on any atom is 0.251 e. The number of anilines is 1. The van der Waals surface area contributed by atoms with Gasteiger partial charge in [0.25, 0.3) is 5.91 Å².